The fourth-order valence-corrected chi connectivity index (χ4v) is 2.08. The van der Waals surface area contributed by atoms with Crippen molar-refractivity contribution in [3.05, 3.63) is 35.9 Å². The molecule has 0 spiro atoms. The van der Waals surface area contributed by atoms with Gasteiger partial charge in [0.2, 0.25) is 5.91 Å². The summed E-state index contributed by atoms with van der Waals surface area (Å²) in [6, 6.07) is 4.78. The zero-order valence-corrected chi connectivity index (χ0v) is 13.3. The first-order chi connectivity index (χ1) is 10.7. The predicted molar refractivity (Wildman–Crippen MR) is 81.6 cm³/mol. The topological polar surface area (TPSA) is 55.4 Å². The molecular weight excluding hydrogens is 331 g/mol. The summed E-state index contributed by atoms with van der Waals surface area (Å²) in [5.41, 5.74) is -3.77. The quantitative estimate of drug-likeness (QED) is 0.487. The largest absolute Gasteiger partial charge is 0.464 e. The highest BCUT2D eigenvalue weighted by atomic mass is 32.2. The van der Waals surface area contributed by atoms with Crippen molar-refractivity contribution >= 4 is 29.7 Å². The van der Waals surface area contributed by atoms with Crippen LogP contribution in [0, 0.1) is 0 Å². The Bertz CT molecular complexity index is 570. The van der Waals surface area contributed by atoms with E-state index in [0.717, 1.165) is 0 Å². The second-order valence-electron chi connectivity index (χ2n) is 4.43. The number of esters is 1. The highest BCUT2D eigenvalue weighted by molar-refractivity contribution is 8.00. The Morgan fingerprint density at radius 3 is 2.43 bits per heavy atom. The average Bonchev–Trinajstić information content (AvgIpc) is 2.45. The Morgan fingerprint density at radius 2 is 1.91 bits per heavy atom. The lowest BCUT2D eigenvalue weighted by Gasteiger charge is -2.10. The molecule has 1 amide bonds. The van der Waals surface area contributed by atoms with E-state index >= 15 is 0 Å². The van der Waals surface area contributed by atoms with E-state index in [4.69, 9.17) is 4.74 Å². The number of amides is 1. The number of alkyl halides is 3. The van der Waals surface area contributed by atoms with Gasteiger partial charge in [-0.15, -0.1) is 0 Å². The second kappa shape index (κ2) is 8.61. The molecule has 0 fully saturated rings. The number of benzene rings is 1. The first-order valence-electron chi connectivity index (χ1n) is 6.72. The van der Waals surface area contributed by atoms with Crippen molar-refractivity contribution in [1.82, 2.24) is 5.32 Å². The van der Waals surface area contributed by atoms with Gasteiger partial charge in [-0.05, 0) is 49.4 Å². The molecule has 0 bridgehead atoms. The normalized spacial score (nSPS) is 12.9. The smallest absolute Gasteiger partial charge is 0.446 e. The molecule has 0 heterocycles. The average molecular weight is 347 g/mol. The summed E-state index contributed by atoms with van der Waals surface area (Å²) in [4.78, 5) is 23.0. The van der Waals surface area contributed by atoms with Crippen LogP contribution in [0.2, 0.25) is 0 Å². The van der Waals surface area contributed by atoms with E-state index in [-0.39, 0.29) is 23.3 Å². The third kappa shape index (κ3) is 7.73. The molecule has 1 rings (SSSR count). The number of nitrogens with one attached hydrogen (secondary N) is 1. The fourth-order valence-electron chi connectivity index (χ4n) is 1.54. The highest BCUT2D eigenvalue weighted by Gasteiger charge is 2.28. The van der Waals surface area contributed by atoms with Crippen molar-refractivity contribution in [3.8, 4) is 0 Å². The van der Waals surface area contributed by atoms with Gasteiger partial charge >= 0.3 is 11.5 Å². The molecule has 0 aliphatic carbocycles. The third-order valence-corrected chi connectivity index (χ3v) is 3.28. The lowest BCUT2D eigenvalue weighted by molar-refractivity contribution is -0.146. The molecule has 1 aromatic rings. The molecule has 23 heavy (non-hydrogen) atoms. The monoisotopic (exact) mass is 347 g/mol. The van der Waals surface area contributed by atoms with E-state index in [9.17, 15) is 22.8 Å². The summed E-state index contributed by atoms with van der Waals surface area (Å²) in [6.45, 7) is 3.37. The first-order valence-corrected chi connectivity index (χ1v) is 7.54. The van der Waals surface area contributed by atoms with Crippen molar-refractivity contribution in [3.63, 3.8) is 0 Å². The van der Waals surface area contributed by atoms with Gasteiger partial charge in [-0.25, -0.2) is 4.79 Å². The van der Waals surface area contributed by atoms with Gasteiger partial charge in [0.25, 0.3) is 0 Å². The maximum Gasteiger partial charge on any atom is 0.446 e. The van der Waals surface area contributed by atoms with Crippen molar-refractivity contribution in [2.75, 3.05) is 6.61 Å². The van der Waals surface area contributed by atoms with Gasteiger partial charge in [0.15, 0.2) is 0 Å². The van der Waals surface area contributed by atoms with E-state index in [1.165, 1.54) is 43.3 Å². The van der Waals surface area contributed by atoms with Crippen LogP contribution >= 0.6 is 11.8 Å². The summed E-state index contributed by atoms with van der Waals surface area (Å²) in [6.07, 6.45) is 2.64. The minimum Gasteiger partial charge on any atom is -0.464 e. The molecule has 8 heteroatoms. The maximum absolute atomic E-state index is 12.2. The summed E-state index contributed by atoms with van der Waals surface area (Å²) >= 11 is -0.205. The standard InChI is InChI=1S/C15H16F3NO3S/c1-3-22-14(21)10(2)19-13(20)9-6-11-4-7-12(8-5-11)23-15(16,17)18/h4-10H,3H2,1-2H3,(H,19,20)/b9-6+. The van der Waals surface area contributed by atoms with Crippen LogP contribution in [0.3, 0.4) is 0 Å². The predicted octanol–water partition coefficient (Wildman–Crippen LogP) is 3.38. The van der Waals surface area contributed by atoms with Gasteiger partial charge in [-0.2, -0.15) is 13.2 Å². The molecule has 0 radical (unpaired) electrons. The molecule has 0 saturated carbocycles. The molecule has 126 valence electrons. The van der Waals surface area contributed by atoms with Gasteiger partial charge in [0.05, 0.1) is 6.61 Å². The van der Waals surface area contributed by atoms with Crippen LogP contribution in [0.5, 0.6) is 0 Å². The van der Waals surface area contributed by atoms with E-state index in [0.29, 0.717) is 5.56 Å². The van der Waals surface area contributed by atoms with E-state index in [1.807, 2.05) is 0 Å². The Morgan fingerprint density at radius 1 is 1.30 bits per heavy atom. The number of rotatable bonds is 6. The SMILES string of the molecule is CCOC(=O)C(C)NC(=O)/C=C/c1ccc(SC(F)(F)F)cc1. The van der Waals surface area contributed by atoms with Crippen LogP contribution < -0.4 is 5.32 Å². The number of thioether (sulfide) groups is 1. The number of ether oxygens (including phenoxy) is 1. The molecule has 1 N–H and O–H groups in total. The lowest BCUT2D eigenvalue weighted by atomic mass is 10.2. The van der Waals surface area contributed by atoms with Crippen LogP contribution in [-0.2, 0) is 14.3 Å². The Labute approximate surface area is 136 Å². The zero-order valence-electron chi connectivity index (χ0n) is 12.5. The second-order valence-corrected chi connectivity index (χ2v) is 5.57. The number of carbonyl (C=O) groups is 2. The van der Waals surface area contributed by atoms with Crippen LogP contribution in [0.15, 0.2) is 35.2 Å². The van der Waals surface area contributed by atoms with Crippen molar-refractivity contribution in [2.45, 2.75) is 30.3 Å². The van der Waals surface area contributed by atoms with Crippen LogP contribution in [0.25, 0.3) is 6.08 Å². The van der Waals surface area contributed by atoms with E-state index in [2.05, 4.69) is 5.32 Å². The van der Waals surface area contributed by atoms with Crippen LogP contribution in [0.4, 0.5) is 13.2 Å². The fraction of sp³-hybridized carbons (Fsp3) is 0.333. The number of hydrogen-bond acceptors (Lipinski definition) is 4. The molecular formula is C15H16F3NO3S. The van der Waals surface area contributed by atoms with Gasteiger partial charge in [-0.3, -0.25) is 4.79 Å². The molecule has 1 atom stereocenters. The van der Waals surface area contributed by atoms with Gasteiger partial charge in [0, 0.05) is 11.0 Å². The van der Waals surface area contributed by atoms with Crippen LogP contribution in [-0.4, -0.2) is 30.0 Å². The highest BCUT2D eigenvalue weighted by Crippen LogP contribution is 2.36. The van der Waals surface area contributed by atoms with Crippen molar-refractivity contribution < 1.29 is 27.5 Å². The van der Waals surface area contributed by atoms with Crippen molar-refractivity contribution in [1.29, 1.82) is 0 Å². The molecule has 0 aliphatic heterocycles. The number of carbonyl (C=O) groups excluding carboxylic acids is 2. The third-order valence-electron chi connectivity index (χ3n) is 2.54. The lowest BCUT2D eigenvalue weighted by Crippen LogP contribution is -2.38. The van der Waals surface area contributed by atoms with Gasteiger partial charge < -0.3 is 10.1 Å². The van der Waals surface area contributed by atoms with Gasteiger partial charge in [-0.1, -0.05) is 12.1 Å². The van der Waals surface area contributed by atoms with E-state index in [1.54, 1.807) is 6.92 Å². The molecule has 0 aliphatic rings. The summed E-state index contributed by atoms with van der Waals surface area (Å²) < 4.78 is 41.3. The Hall–Kier alpha value is -1.96. The summed E-state index contributed by atoms with van der Waals surface area (Å²) in [7, 11) is 0. The van der Waals surface area contributed by atoms with Crippen LogP contribution in [0.1, 0.15) is 19.4 Å². The first kappa shape index (κ1) is 19.1. The van der Waals surface area contributed by atoms with Crippen molar-refractivity contribution in [2.24, 2.45) is 0 Å². The maximum atomic E-state index is 12.2. The summed E-state index contributed by atoms with van der Waals surface area (Å²) in [5, 5.41) is 2.42. The molecule has 1 unspecified atom stereocenters. The van der Waals surface area contributed by atoms with E-state index < -0.39 is 23.4 Å². The minimum absolute atomic E-state index is 0.0648. The molecule has 1 aromatic carbocycles. The molecule has 0 saturated heterocycles. The zero-order chi connectivity index (χ0) is 17.5. The Balaban J connectivity index is 2.56. The molecule has 4 nitrogen and oxygen atoms in total. The number of halogens is 3. The van der Waals surface area contributed by atoms with Gasteiger partial charge in [0.1, 0.15) is 6.04 Å². The summed E-state index contributed by atoms with van der Waals surface area (Å²) in [5.74, 6) is -1.04. The minimum atomic E-state index is -4.33. The molecule has 0 aromatic heterocycles. The Kier molecular flexibility index (Phi) is 7.15. The number of hydrogen-bond donors (Lipinski definition) is 1.